The van der Waals surface area contributed by atoms with Gasteiger partial charge in [-0.3, -0.25) is 4.79 Å². The minimum absolute atomic E-state index is 0.265. The van der Waals surface area contributed by atoms with Gasteiger partial charge in [0.25, 0.3) is 5.91 Å². The molecule has 0 spiro atoms. The van der Waals surface area contributed by atoms with Crippen molar-refractivity contribution >= 4 is 28.9 Å². The first-order chi connectivity index (χ1) is 14.6. The zero-order chi connectivity index (χ0) is 21.2. The first-order valence-electron chi connectivity index (χ1n) is 9.31. The predicted octanol–water partition coefficient (Wildman–Crippen LogP) is 4.97. The van der Waals surface area contributed by atoms with Crippen LogP contribution in [-0.2, 0) is 14.3 Å². The average molecular weight is 403 g/mol. The molecule has 3 aromatic rings. The number of ether oxygens (including phenoxy) is 2. The van der Waals surface area contributed by atoms with Crippen LogP contribution in [0.4, 0.5) is 17.1 Å². The standard InChI is InChI=1S/C23H21N3O4/c1-17-7-5-6-10-21(17)29-16-23(28)30-15-22(27)24-18-11-13-20(14-12-18)26-25-19-8-3-2-4-9-19/h2-14H,15-16H2,1H3,(H,24,27). The first-order valence-corrected chi connectivity index (χ1v) is 9.31. The monoisotopic (exact) mass is 403 g/mol. The van der Waals surface area contributed by atoms with E-state index in [1.54, 1.807) is 30.3 Å². The van der Waals surface area contributed by atoms with Gasteiger partial charge < -0.3 is 14.8 Å². The molecule has 0 bridgehead atoms. The summed E-state index contributed by atoms with van der Waals surface area (Å²) in [7, 11) is 0. The molecule has 0 fully saturated rings. The molecule has 0 unspecified atom stereocenters. The average Bonchev–Trinajstić information content (AvgIpc) is 2.77. The summed E-state index contributed by atoms with van der Waals surface area (Å²) in [6.07, 6.45) is 0. The maximum atomic E-state index is 12.0. The quantitative estimate of drug-likeness (QED) is 0.425. The predicted molar refractivity (Wildman–Crippen MR) is 113 cm³/mol. The second kappa shape index (κ2) is 10.5. The van der Waals surface area contributed by atoms with E-state index in [0.717, 1.165) is 11.3 Å². The number of para-hydroxylation sites is 1. The maximum Gasteiger partial charge on any atom is 0.344 e. The van der Waals surface area contributed by atoms with E-state index >= 15 is 0 Å². The van der Waals surface area contributed by atoms with Gasteiger partial charge in [-0.1, -0.05) is 36.4 Å². The molecule has 1 N–H and O–H groups in total. The van der Waals surface area contributed by atoms with Gasteiger partial charge in [0.05, 0.1) is 11.4 Å². The molecule has 0 heterocycles. The Morgan fingerprint density at radius 1 is 0.800 bits per heavy atom. The summed E-state index contributed by atoms with van der Waals surface area (Å²) < 4.78 is 10.3. The molecule has 0 aliphatic rings. The lowest BCUT2D eigenvalue weighted by atomic mass is 10.2. The largest absolute Gasteiger partial charge is 0.482 e. The second-order valence-electron chi connectivity index (χ2n) is 6.35. The number of carbonyl (C=O) groups is 2. The highest BCUT2D eigenvalue weighted by atomic mass is 16.6. The molecule has 0 aromatic heterocycles. The third-order valence-electron chi connectivity index (χ3n) is 3.99. The molecule has 30 heavy (non-hydrogen) atoms. The molecule has 3 rings (SSSR count). The van der Waals surface area contributed by atoms with E-state index in [9.17, 15) is 9.59 Å². The fourth-order valence-corrected chi connectivity index (χ4v) is 2.46. The molecule has 3 aromatic carbocycles. The Morgan fingerprint density at radius 3 is 2.13 bits per heavy atom. The number of carbonyl (C=O) groups excluding carboxylic acids is 2. The number of aryl methyl sites for hydroxylation is 1. The van der Waals surface area contributed by atoms with E-state index in [0.29, 0.717) is 17.1 Å². The van der Waals surface area contributed by atoms with Crippen molar-refractivity contribution in [1.82, 2.24) is 0 Å². The fraction of sp³-hybridized carbons (Fsp3) is 0.130. The van der Waals surface area contributed by atoms with E-state index in [-0.39, 0.29) is 6.61 Å². The van der Waals surface area contributed by atoms with E-state index in [4.69, 9.17) is 9.47 Å². The number of rotatable bonds is 8. The first kappa shape index (κ1) is 20.7. The Hall–Kier alpha value is -4.00. The Labute approximate surface area is 174 Å². The molecule has 0 aliphatic carbocycles. The van der Waals surface area contributed by atoms with Crippen LogP contribution in [0.5, 0.6) is 5.75 Å². The van der Waals surface area contributed by atoms with Crippen LogP contribution in [0.15, 0.2) is 89.1 Å². The van der Waals surface area contributed by atoms with Gasteiger partial charge in [0.1, 0.15) is 5.75 Å². The van der Waals surface area contributed by atoms with E-state index in [1.807, 2.05) is 55.5 Å². The van der Waals surface area contributed by atoms with Crippen molar-refractivity contribution in [2.24, 2.45) is 10.2 Å². The summed E-state index contributed by atoms with van der Waals surface area (Å²) in [4.78, 5) is 23.7. The topological polar surface area (TPSA) is 89.3 Å². The zero-order valence-corrected chi connectivity index (χ0v) is 16.4. The summed E-state index contributed by atoms with van der Waals surface area (Å²) in [5, 5.41) is 10.9. The molecule has 0 saturated carbocycles. The van der Waals surface area contributed by atoms with Gasteiger partial charge in [-0.25, -0.2) is 4.79 Å². The molecule has 152 valence electrons. The lowest BCUT2D eigenvalue weighted by Crippen LogP contribution is -2.23. The molecule has 0 aliphatic heterocycles. The Bertz CT molecular complexity index is 1020. The van der Waals surface area contributed by atoms with Crippen LogP contribution in [0, 0.1) is 6.92 Å². The maximum absolute atomic E-state index is 12.0. The van der Waals surface area contributed by atoms with Crippen LogP contribution in [0.1, 0.15) is 5.56 Å². The van der Waals surface area contributed by atoms with Crippen molar-refractivity contribution in [2.45, 2.75) is 6.92 Å². The summed E-state index contributed by atoms with van der Waals surface area (Å²) >= 11 is 0. The number of azo groups is 1. The Balaban J connectivity index is 1.41. The minimum atomic E-state index is -0.620. The lowest BCUT2D eigenvalue weighted by Gasteiger charge is -2.09. The van der Waals surface area contributed by atoms with Gasteiger partial charge in [0.15, 0.2) is 13.2 Å². The number of hydrogen-bond acceptors (Lipinski definition) is 6. The molecular weight excluding hydrogens is 382 g/mol. The van der Waals surface area contributed by atoms with Gasteiger partial charge in [-0.2, -0.15) is 10.2 Å². The SMILES string of the molecule is Cc1ccccc1OCC(=O)OCC(=O)Nc1ccc(N=Nc2ccccc2)cc1. The van der Waals surface area contributed by atoms with Crippen molar-refractivity contribution in [3.63, 3.8) is 0 Å². The molecule has 1 amide bonds. The van der Waals surface area contributed by atoms with Crippen LogP contribution in [0.3, 0.4) is 0 Å². The van der Waals surface area contributed by atoms with Crippen molar-refractivity contribution in [3.05, 3.63) is 84.4 Å². The molecule has 7 heteroatoms. The van der Waals surface area contributed by atoms with Gasteiger partial charge in [-0.05, 0) is 55.0 Å². The lowest BCUT2D eigenvalue weighted by molar-refractivity contribution is -0.149. The Morgan fingerprint density at radius 2 is 1.43 bits per heavy atom. The number of benzene rings is 3. The summed E-state index contributed by atoms with van der Waals surface area (Å²) in [5.74, 6) is -0.466. The van der Waals surface area contributed by atoms with Gasteiger partial charge >= 0.3 is 5.97 Å². The van der Waals surface area contributed by atoms with Gasteiger partial charge in [0, 0.05) is 5.69 Å². The smallest absolute Gasteiger partial charge is 0.344 e. The van der Waals surface area contributed by atoms with E-state index in [2.05, 4.69) is 15.5 Å². The normalized spacial score (nSPS) is 10.6. The fourth-order valence-electron chi connectivity index (χ4n) is 2.46. The number of hydrogen-bond donors (Lipinski definition) is 1. The number of esters is 1. The second-order valence-corrected chi connectivity index (χ2v) is 6.35. The zero-order valence-electron chi connectivity index (χ0n) is 16.4. The third-order valence-corrected chi connectivity index (χ3v) is 3.99. The van der Waals surface area contributed by atoms with E-state index < -0.39 is 18.5 Å². The number of anilines is 1. The van der Waals surface area contributed by atoms with Crippen LogP contribution in [0.25, 0.3) is 0 Å². The van der Waals surface area contributed by atoms with Crippen LogP contribution in [-0.4, -0.2) is 25.1 Å². The van der Waals surface area contributed by atoms with Crippen LogP contribution in [0.2, 0.25) is 0 Å². The molecular formula is C23H21N3O4. The Kier molecular flexibility index (Phi) is 7.27. The highest BCUT2D eigenvalue weighted by Crippen LogP contribution is 2.20. The molecule has 0 saturated heterocycles. The van der Waals surface area contributed by atoms with Crippen molar-refractivity contribution < 1.29 is 19.1 Å². The molecule has 0 atom stereocenters. The highest BCUT2D eigenvalue weighted by Gasteiger charge is 2.09. The summed E-state index contributed by atoms with van der Waals surface area (Å²) in [6, 6.07) is 23.6. The van der Waals surface area contributed by atoms with E-state index in [1.165, 1.54) is 0 Å². The molecule has 7 nitrogen and oxygen atoms in total. The van der Waals surface area contributed by atoms with Gasteiger partial charge in [-0.15, -0.1) is 0 Å². The highest BCUT2D eigenvalue weighted by molar-refractivity contribution is 5.93. The van der Waals surface area contributed by atoms with Crippen LogP contribution < -0.4 is 10.1 Å². The number of nitrogens with zero attached hydrogens (tertiary/aromatic N) is 2. The minimum Gasteiger partial charge on any atom is -0.482 e. The molecule has 0 radical (unpaired) electrons. The van der Waals surface area contributed by atoms with Gasteiger partial charge in [0.2, 0.25) is 0 Å². The summed E-state index contributed by atoms with van der Waals surface area (Å²) in [5.41, 5.74) is 2.88. The van der Waals surface area contributed by atoms with Crippen molar-refractivity contribution in [2.75, 3.05) is 18.5 Å². The number of nitrogens with one attached hydrogen (secondary N) is 1. The van der Waals surface area contributed by atoms with Crippen molar-refractivity contribution in [1.29, 1.82) is 0 Å². The van der Waals surface area contributed by atoms with Crippen LogP contribution >= 0.6 is 0 Å². The van der Waals surface area contributed by atoms with Crippen molar-refractivity contribution in [3.8, 4) is 5.75 Å². The number of amides is 1. The third kappa shape index (κ3) is 6.56. The summed E-state index contributed by atoms with van der Waals surface area (Å²) in [6.45, 7) is 1.22.